The number of hydrogen-bond acceptors (Lipinski definition) is 5. The van der Waals surface area contributed by atoms with Gasteiger partial charge in [0.2, 0.25) is 0 Å². The molecule has 6 nitrogen and oxygen atoms in total. The monoisotopic (exact) mass is 294 g/mol. The zero-order valence-electron chi connectivity index (χ0n) is 13.2. The van der Waals surface area contributed by atoms with Crippen LogP contribution in [0.25, 0.3) is 0 Å². The Morgan fingerprint density at radius 1 is 1.10 bits per heavy atom. The summed E-state index contributed by atoms with van der Waals surface area (Å²) in [6.45, 7) is 11.2. The van der Waals surface area contributed by atoms with E-state index in [1.807, 2.05) is 6.92 Å². The van der Waals surface area contributed by atoms with Gasteiger partial charge in [0.1, 0.15) is 0 Å². The van der Waals surface area contributed by atoms with Crippen LogP contribution in [0.2, 0.25) is 0 Å². The Hall–Kier alpha value is -1.82. The first-order valence-corrected chi connectivity index (χ1v) is 7.54. The van der Waals surface area contributed by atoms with Crippen LogP contribution in [0.3, 0.4) is 0 Å². The zero-order chi connectivity index (χ0) is 15.8. The lowest BCUT2D eigenvalue weighted by Crippen LogP contribution is -2.30. The number of nitro groups is 1. The van der Waals surface area contributed by atoms with Gasteiger partial charge < -0.3 is 15.5 Å². The highest BCUT2D eigenvalue weighted by Gasteiger charge is 2.12. The lowest BCUT2D eigenvalue weighted by Gasteiger charge is -2.25. The van der Waals surface area contributed by atoms with Gasteiger partial charge in [0.05, 0.1) is 4.92 Å². The van der Waals surface area contributed by atoms with E-state index < -0.39 is 4.92 Å². The fourth-order valence-corrected chi connectivity index (χ4v) is 2.40. The van der Waals surface area contributed by atoms with E-state index in [4.69, 9.17) is 5.73 Å². The third-order valence-corrected chi connectivity index (χ3v) is 3.68. The first-order chi connectivity index (χ1) is 10.0. The fraction of sp³-hybridized carbons (Fsp3) is 0.600. The molecular weight excluding hydrogens is 268 g/mol. The standard InChI is InChI=1S/C15H26N4O2/c1-4-17(5-2)8-7-9-18(6-3)14-10-13(16)11-15(12-14)19(20)21/h10-12H,4-9,16H2,1-3H3. The summed E-state index contributed by atoms with van der Waals surface area (Å²) in [4.78, 5) is 15.0. The van der Waals surface area contributed by atoms with Gasteiger partial charge in [-0.25, -0.2) is 0 Å². The highest BCUT2D eigenvalue weighted by Crippen LogP contribution is 2.25. The third-order valence-electron chi connectivity index (χ3n) is 3.68. The minimum absolute atomic E-state index is 0.0483. The number of hydrogen-bond donors (Lipinski definition) is 1. The molecule has 0 amide bonds. The van der Waals surface area contributed by atoms with Gasteiger partial charge in [-0.3, -0.25) is 10.1 Å². The summed E-state index contributed by atoms with van der Waals surface area (Å²) < 4.78 is 0. The van der Waals surface area contributed by atoms with Gasteiger partial charge in [-0.1, -0.05) is 13.8 Å². The smallest absolute Gasteiger partial charge is 0.273 e. The van der Waals surface area contributed by atoms with Gasteiger partial charge in [0.15, 0.2) is 0 Å². The Morgan fingerprint density at radius 2 is 1.76 bits per heavy atom. The summed E-state index contributed by atoms with van der Waals surface area (Å²) in [6.07, 6.45) is 1.03. The Labute approximate surface area is 126 Å². The second-order valence-corrected chi connectivity index (χ2v) is 5.00. The first-order valence-electron chi connectivity index (χ1n) is 7.54. The van der Waals surface area contributed by atoms with Crippen LogP contribution in [-0.2, 0) is 0 Å². The predicted octanol–water partition coefficient (Wildman–Crippen LogP) is 2.74. The Kier molecular flexibility index (Phi) is 6.94. The molecule has 118 valence electrons. The molecule has 0 aliphatic heterocycles. The van der Waals surface area contributed by atoms with E-state index in [1.54, 1.807) is 12.1 Å². The second kappa shape index (κ2) is 8.46. The number of anilines is 2. The first kappa shape index (κ1) is 17.2. The maximum Gasteiger partial charge on any atom is 0.273 e. The van der Waals surface area contributed by atoms with E-state index >= 15 is 0 Å². The van der Waals surface area contributed by atoms with Gasteiger partial charge in [-0.2, -0.15) is 0 Å². The van der Waals surface area contributed by atoms with Crippen molar-refractivity contribution < 1.29 is 4.92 Å². The van der Waals surface area contributed by atoms with Crippen LogP contribution in [0.4, 0.5) is 17.1 Å². The van der Waals surface area contributed by atoms with Crippen molar-refractivity contribution in [1.82, 2.24) is 4.90 Å². The van der Waals surface area contributed by atoms with Crippen molar-refractivity contribution in [2.75, 3.05) is 43.4 Å². The summed E-state index contributed by atoms with van der Waals surface area (Å²) in [5, 5.41) is 10.9. The van der Waals surface area contributed by atoms with Crippen LogP contribution < -0.4 is 10.6 Å². The molecule has 1 aromatic rings. The molecule has 6 heteroatoms. The number of nitro benzene ring substituents is 1. The highest BCUT2D eigenvalue weighted by atomic mass is 16.6. The molecular formula is C15H26N4O2. The molecule has 21 heavy (non-hydrogen) atoms. The Bertz CT molecular complexity index is 461. The average Bonchev–Trinajstić information content (AvgIpc) is 2.47. The second-order valence-electron chi connectivity index (χ2n) is 5.00. The summed E-state index contributed by atoms with van der Waals surface area (Å²) in [6, 6.07) is 4.79. The zero-order valence-corrected chi connectivity index (χ0v) is 13.2. The molecule has 0 aromatic heterocycles. The minimum atomic E-state index is -0.399. The number of non-ortho nitro benzene ring substituents is 1. The fourth-order valence-electron chi connectivity index (χ4n) is 2.40. The molecule has 1 aromatic carbocycles. The lowest BCUT2D eigenvalue weighted by molar-refractivity contribution is -0.384. The van der Waals surface area contributed by atoms with Crippen molar-refractivity contribution in [1.29, 1.82) is 0 Å². The van der Waals surface area contributed by atoms with Crippen molar-refractivity contribution in [3.8, 4) is 0 Å². The summed E-state index contributed by atoms with van der Waals surface area (Å²) >= 11 is 0. The van der Waals surface area contributed by atoms with E-state index in [-0.39, 0.29) is 5.69 Å². The Balaban J connectivity index is 2.73. The molecule has 0 bridgehead atoms. The van der Waals surface area contributed by atoms with E-state index in [0.717, 1.165) is 44.8 Å². The SMILES string of the molecule is CCN(CC)CCCN(CC)c1cc(N)cc([N+](=O)[O-])c1. The molecule has 0 unspecified atom stereocenters. The average molecular weight is 294 g/mol. The van der Waals surface area contributed by atoms with Crippen molar-refractivity contribution in [3.05, 3.63) is 28.3 Å². The van der Waals surface area contributed by atoms with E-state index in [9.17, 15) is 10.1 Å². The van der Waals surface area contributed by atoms with E-state index in [0.29, 0.717) is 5.69 Å². The van der Waals surface area contributed by atoms with E-state index in [2.05, 4.69) is 23.6 Å². The van der Waals surface area contributed by atoms with Gasteiger partial charge in [-0.05, 0) is 39.0 Å². The minimum Gasteiger partial charge on any atom is -0.398 e. The number of benzene rings is 1. The number of rotatable bonds is 9. The van der Waals surface area contributed by atoms with Crippen LogP contribution in [0.5, 0.6) is 0 Å². The van der Waals surface area contributed by atoms with Crippen molar-refractivity contribution in [3.63, 3.8) is 0 Å². The molecule has 1 rings (SSSR count). The van der Waals surface area contributed by atoms with Crippen LogP contribution in [0, 0.1) is 10.1 Å². The largest absolute Gasteiger partial charge is 0.398 e. The van der Waals surface area contributed by atoms with Gasteiger partial charge in [0, 0.05) is 36.6 Å². The van der Waals surface area contributed by atoms with E-state index in [1.165, 1.54) is 6.07 Å². The molecule has 2 N–H and O–H groups in total. The summed E-state index contributed by atoms with van der Waals surface area (Å²) in [5.41, 5.74) is 7.07. The molecule has 0 aliphatic carbocycles. The molecule has 0 atom stereocenters. The number of nitrogens with zero attached hydrogens (tertiary/aromatic N) is 3. The predicted molar refractivity (Wildman–Crippen MR) is 87.8 cm³/mol. The summed E-state index contributed by atoms with van der Waals surface area (Å²) in [5.74, 6) is 0. The number of nitrogens with two attached hydrogens (primary N) is 1. The molecule has 0 saturated carbocycles. The summed E-state index contributed by atoms with van der Waals surface area (Å²) in [7, 11) is 0. The molecule has 0 saturated heterocycles. The third kappa shape index (κ3) is 5.23. The van der Waals surface area contributed by atoms with Crippen molar-refractivity contribution in [2.24, 2.45) is 0 Å². The van der Waals surface area contributed by atoms with Gasteiger partial charge in [-0.15, -0.1) is 0 Å². The Morgan fingerprint density at radius 3 is 2.29 bits per heavy atom. The van der Waals surface area contributed by atoms with Crippen molar-refractivity contribution >= 4 is 17.1 Å². The lowest BCUT2D eigenvalue weighted by atomic mass is 10.2. The topological polar surface area (TPSA) is 75.6 Å². The molecule has 0 spiro atoms. The van der Waals surface area contributed by atoms with Crippen LogP contribution >= 0.6 is 0 Å². The normalized spacial score (nSPS) is 10.9. The van der Waals surface area contributed by atoms with Gasteiger partial charge in [0.25, 0.3) is 5.69 Å². The van der Waals surface area contributed by atoms with Crippen LogP contribution in [-0.4, -0.2) is 42.5 Å². The van der Waals surface area contributed by atoms with Crippen LogP contribution in [0.15, 0.2) is 18.2 Å². The van der Waals surface area contributed by atoms with Gasteiger partial charge >= 0.3 is 0 Å². The highest BCUT2D eigenvalue weighted by molar-refractivity contribution is 5.62. The quantitative estimate of drug-likeness (QED) is 0.430. The molecule has 0 heterocycles. The molecule has 0 fully saturated rings. The van der Waals surface area contributed by atoms with Crippen LogP contribution in [0.1, 0.15) is 27.2 Å². The maximum absolute atomic E-state index is 10.9. The molecule has 0 radical (unpaired) electrons. The molecule has 0 aliphatic rings. The maximum atomic E-state index is 10.9. The number of nitrogen functional groups attached to an aromatic ring is 1. The van der Waals surface area contributed by atoms with Crippen molar-refractivity contribution in [2.45, 2.75) is 27.2 Å².